The molecule has 2 saturated heterocycles. The lowest BCUT2D eigenvalue weighted by Crippen LogP contribution is -2.60. The Morgan fingerprint density at radius 2 is 2.28 bits per heavy atom. The van der Waals surface area contributed by atoms with Crippen LogP contribution < -0.4 is 5.32 Å². The summed E-state index contributed by atoms with van der Waals surface area (Å²) >= 11 is 1.57. The summed E-state index contributed by atoms with van der Waals surface area (Å²) in [4.78, 5) is 24.5. The number of ether oxygens (including phenoxy) is 1. The summed E-state index contributed by atoms with van der Waals surface area (Å²) in [5.74, 6) is 0.0803. The van der Waals surface area contributed by atoms with Gasteiger partial charge in [0.25, 0.3) is 0 Å². The normalized spacial score (nSPS) is 26.5. The third-order valence-corrected chi connectivity index (χ3v) is 4.30. The van der Waals surface area contributed by atoms with Crippen molar-refractivity contribution in [3.8, 4) is 0 Å². The highest BCUT2D eigenvalue weighted by Gasteiger charge is 2.36. The predicted octanol–water partition coefficient (Wildman–Crippen LogP) is -0.606. The molecule has 2 N–H and O–H groups in total. The second kappa shape index (κ2) is 5.46. The molecule has 1 amide bonds. The Balaban J connectivity index is 1.87. The lowest BCUT2D eigenvalue weighted by molar-refractivity contribution is -0.155. The second-order valence-electron chi connectivity index (χ2n) is 4.86. The highest BCUT2D eigenvalue weighted by atomic mass is 32.2. The van der Waals surface area contributed by atoms with E-state index in [4.69, 9.17) is 9.84 Å². The number of nitrogens with zero attached hydrogens (tertiary/aromatic N) is 1. The Kier molecular flexibility index (Phi) is 4.14. The first-order chi connectivity index (χ1) is 8.52. The third-order valence-electron chi connectivity index (χ3n) is 3.28. The van der Waals surface area contributed by atoms with Crippen molar-refractivity contribution in [2.24, 2.45) is 0 Å². The lowest BCUT2D eigenvalue weighted by Gasteiger charge is -2.40. The zero-order valence-corrected chi connectivity index (χ0v) is 11.2. The minimum absolute atomic E-state index is 0.0351. The van der Waals surface area contributed by atoms with Crippen molar-refractivity contribution in [3.63, 3.8) is 0 Å². The number of amides is 1. The zero-order valence-electron chi connectivity index (χ0n) is 10.3. The van der Waals surface area contributed by atoms with Crippen LogP contribution in [0, 0.1) is 0 Å². The molecule has 0 saturated carbocycles. The maximum atomic E-state index is 12.0. The fourth-order valence-electron chi connectivity index (χ4n) is 2.00. The molecule has 0 radical (unpaired) electrons. The number of carbonyl (C=O) groups is 2. The number of rotatable bonds is 4. The average molecular weight is 274 g/mol. The molecule has 18 heavy (non-hydrogen) atoms. The number of aliphatic carboxylic acids is 1. The van der Waals surface area contributed by atoms with Gasteiger partial charge in [-0.3, -0.25) is 4.79 Å². The Morgan fingerprint density at radius 1 is 1.56 bits per heavy atom. The first-order valence-electron chi connectivity index (χ1n) is 5.96. The molecule has 102 valence electrons. The van der Waals surface area contributed by atoms with Crippen LogP contribution in [-0.2, 0) is 14.3 Å². The smallest absolute Gasteiger partial charge is 0.327 e. The molecular formula is C11H18N2O4S. The van der Waals surface area contributed by atoms with E-state index in [2.05, 4.69) is 5.32 Å². The van der Waals surface area contributed by atoms with Crippen molar-refractivity contribution in [2.75, 3.05) is 37.7 Å². The second-order valence-corrected chi connectivity index (χ2v) is 6.01. The molecule has 6 nitrogen and oxygen atoms in total. The molecule has 2 heterocycles. The number of carboxylic acid groups (broad SMARTS) is 1. The van der Waals surface area contributed by atoms with Crippen molar-refractivity contribution in [3.05, 3.63) is 0 Å². The summed E-state index contributed by atoms with van der Waals surface area (Å²) in [5, 5.41) is 12.2. The molecule has 0 aromatic carbocycles. The highest BCUT2D eigenvalue weighted by Crippen LogP contribution is 2.19. The molecule has 2 rings (SSSR count). The minimum atomic E-state index is -0.938. The maximum Gasteiger partial charge on any atom is 0.327 e. The van der Waals surface area contributed by atoms with Gasteiger partial charge in [0.05, 0.1) is 5.60 Å². The first kappa shape index (κ1) is 13.6. The van der Waals surface area contributed by atoms with E-state index in [1.54, 1.807) is 11.8 Å². The maximum absolute atomic E-state index is 12.0. The summed E-state index contributed by atoms with van der Waals surface area (Å²) in [6, 6.07) is -0.716. The number of carbonyl (C=O) groups excluding carboxylic acids is 1. The molecule has 0 bridgehead atoms. The van der Waals surface area contributed by atoms with Crippen LogP contribution in [0.2, 0.25) is 0 Å². The van der Waals surface area contributed by atoms with Gasteiger partial charge in [-0.2, -0.15) is 11.8 Å². The van der Waals surface area contributed by atoms with Crippen LogP contribution in [0.25, 0.3) is 0 Å². The van der Waals surface area contributed by atoms with E-state index in [1.807, 2.05) is 6.92 Å². The molecule has 2 aliphatic heterocycles. The van der Waals surface area contributed by atoms with Crippen molar-refractivity contribution >= 4 is 23.6 Å². The van der Waals surface area contributed by atoms with Gasteiger partial charge in [0.1, 0.15) is 12.6 Å². The van der Waals surface area contributed by atoms with Gasteiger partial charge in [0, 0.05) is 31.1 Å². The summed E-state index contributed by atoms with van der Waals surface area (Å²) < 4.78 is 5.56. The summed E-state index contributed by atoms with van der Waals surface area (Å²) in [7, 11) is 0. The molecule has 0 aromatic rings. The van der Waals surface area contributed by atoms with Gasteiger partial charge in [-0.15, -0.1) is 0 Å². The topological polar surface area (TPSA) is 78.9 Å². The summed E-state index contributed by atoms with van der Waals surface area (Å²) in [6.07, 6.45) is 0. The molecule has 1 unspecified atom stereocenters. The number of thioether (sulfide) groups is 1. The molecule has 0 aliphatic carbocycles. The molecule has 0 spiro atoms. The van der Waals surface area contributed by atoms with Gasteiger partial charge in [0.2, 0.25) is 5.91 Å². The Hall–Kier alpha value is -0.790. The first-order valence-corrected chi connectivity index (χ1v) is 7.12. The minimum Gasteiger partial charge on any atom is -0.480 e. The molecule has 2 aliphatic rings. The van der Waals surface area contributed by atoms with Crippen molar-refractivity contribution in [1.29, 1.82) is 0 Å². The SMILES string of the molecule is CC1(OCC(=O)N2CCSCC2C(=O)O)CNC1. The highest BCUT2D eigenvalue weighted by molar-refractivity contribution is 7.99. The number of hydrogen-bond donors (Lipinski definition) is 2. The summed E-state index contributed by atoms with van der Waals surface area (Å²) in [5.41, 5.74) is -0.279. The fourth-order valence-corrected chi connectivity index (χ4v) is 3.04. The number of carboxylic acids is 1. The van der Waals surface area contributed by atoms with E-state index in [9.17, 15) is 9.59 Å². The van der Waals surface area contributed by atoms with E-state index in [1.165, 1.54) is 4.90 Å². The van der Waals surface area contributed by atoms with Crippen LogP contribution in [0.3, 0.4) is 0 Å². The van der Waals surface area contributed by atoms with E-state index >= 15 is 0 Å². The molecule has 0 aromatic heterocycles. The molecular weight excluding hydrogens is 256 g/mol. The van der Waals surface area contributed by atoms with E-state index in [0.717, 1.165) is 18.8 Å². The van der Waals surface area contributed by atoms with Crippen LogP contribution in [0.15, 0.2) is 0 Å². The largest absolute Gasteiger partial charge is 0.480 e. The molecule has 1 atom stereocenters. The fraction of sp³-hybridized carbons (Fsp3) is 0.818. The van der Waals surface area contributed by atoms with Crippen molar-refractivity contribution < 1.29 is 19.4 Å². The van der Waals surface area contributed by atoms with Crippen LogP contribution in [-0.4, -0.2) is 71.3 Å². The molecule has 2 fully saturated rings. The monoisotopic (exact) mass is 274 g/mol. The van der Waals surface area contributed by atoms with Crippen molar-refractivity contribution in [2.45, 2.75) is 18.6 Å². The number of nitrogens with one attached hydrogen (secondary N) is 1. The Bertz CT molecular complexity index is 346. The Morgan fingerprint density at radius 3 is 2.83 bits per heavy atom. The van der Waals surface area contributed by atoms with Crippen molar-refractivity contribution in [1.82, 2.24) is 10.2 Å². The zero-order chi connectivity index (χ0) is 13.2. The average Bonchev–Trinajstić information content (AvgIpc) is 2.33. The van der Waals surface area contributed by atoms with E-state index in [-0.39, 0.29) is 18.1 Å². The van der Waals surface area contributed by atoms with Gasteiger partial charge in [-0.1, -0.05) is 0 Å². The van der Waals surface area contributed by atoms with Gasteiger partial charge in [-0.05, 0) is 6.92 Å². The van der Waals surface area contributed by atoms with Crippen LogP contribution >= 0.6 is 11.8 Å². The standard InChI is InChI=1S/C11H18N2O4S/c1-11(6-12-7-11)17-4-9(14)13-2-3-18-5-8(13)10(15)16/h8,12H,2-7H2,1H3,(H,15,16). The quantitative estimate of drug-likeness (QED) is 0.712. The van der Waals surface area contributed by atoms with Crippen LogP contribution in [0.4, 0.5) is 0 Å². The van der Waals surface area contributed by atoms with Crippen LogP contribution in [0.1, 0.15) is 6.92 Å². The van der Waals surface area contributed by atoms with Gasteiger partial charge in [-0.25, -0.2) is 4.79 Å². The van der Waals surface area contributed by atoms with E-state index < -0.39 is 12.0 Å². The number of hydrogen-bond acceptors (Lipinski definition) is 5. The van der Waals surface area contributed by atoms with Gasteiger partial charge >= 0.3 is 5.97 Å². The predicted molar refractivity (Wildman–Crippen MR) is 67.7 cm³/mol. The third kappa shape index (κ3) is 2.96. The summed E-state index contributed by atoms with van der Waals surface area (Å²) in [6.45, 7) is 3.86. The van der Waals surface area contributed by atoms with Crippen LogP contribution in [0.5, 0.6) is 0 Å². The van der Waals surface area contributed by atoms with Gasteiger partial charge < -0.3 is 20.1 Å². The van der Waals surface area contributed by atoms with Gasteiger partial charge in [0.15, 0.2) is 0 Å². The Labute approximate surface area is 110 Å². The lowest BCUT2D eigenvalue weighted by atomic mass is 10.0. The van der Waals surface area contributed by atoms with E-state index in [0.29, 0.717) is 12.3 Å². The molecule has 7 heteroatoms.